The Morgan fingerprint density at radius 1 is 1.60 bits per heavy atom. The first-order valence-corrected chi connectivity index (χ1v) is 7.27. The maximum Gasteiger partial charge on any atom is 0.254 e. The molecule has 0 aliphatic carbocycles. The van der Waals surface area contributed by atoms with E-state index in [-0.39, 0.29) is 5.91 Å². The maximum absolute atomic E-state index is 12.0. The van der Waals surface area contributed by atoms with Crippen molar-refractivity contribution in [3.63, 3.8) is 0 Å². The Morgan fingerprint density at radius 2 is 2.33 bits per heavy atom. The first-order valence-electron chi connectivity index (χ1n) is 4.78. The fourth-order valence-corrected chi connectivity index (χ4v) is 2.82. The summed E-state index contributed by atoms with van der Waals surface area (Å²) in [7, 11) is 0. The van der Waals surface area contributed by atoms with Gasteiger partial charge >= 0.3 is 0 Å². The summed E-state index contributed by atoms with van der Waals surface area (Å²) in [5.74, 6) is 0.587. The summed E-state index contributed by atoms with van der Waals surface area (Å²) in [6, 6.07) is 1.92. The van der Waals surface area contributed by atoms with E-state index in [1.165, 1.54) is 0 Å². The minimum atomic E-state index is 0.0941. The van der Waals surface area contributed by atoms with Gasteiger partial charge in [0, 0.05) is 24.3 Å². The SMILES string of the molecule is CCCN(CCCl)C(=O)c1csc(I)c1. The standard InChI is InChI=1S/C10H13ClINOS/c1-2-4-13(5-3-11)10(14)8-6-9(12)15-7-8/h6-7H,2-5H2,1H3. The van der Waals surface area contributed by atoms with E-state index >= 15 is 0 Å². The van der Waals surface area contributed by atoms with Gasteiger partial charge in [0.05, 0.1) is 8.45 Å². The molecule has 15 heavy (non-hydrogen) atoms. The quantitative estimate of drug-likeness (QED) is 0.584. The highest BCUT2D eigenvalue weighted by Gasteiger charge is 2.15. The van der Waals surface area contributed by atoms with Gasteiger partial charge in [0.2, 0.25) is 0 Å². The number of rotatable bonds is 5. The smallest absolute Gasteiger partial charge is 0.254 e. The molecule has 0 fully saturated rings. The van der Waals surface area contributed by atoms with Crippen molar-refractivity contribution in [1.82, 2.24) is 4.90 Å². The molecule has 0 aromatic carbocycles. The van der Waals surface area contributed by atoms with E-state index in [4.69, 9.17) is 11.6 Å². The zero-order valence-corrected chi connectivity index (χ0v) is 12.2. The van der Waals surface area contributed by atoms with E-state index in [0.717, 1.165) is 21.4 Å². The summed E-state index contributed by atoms with van der Waals surface area (Å²) in [5, 5.41) is 1.90. The first kappa shape index (κ1) is 13.3. The van der Waals surface area contributed by atoms with Crippen LogP contribution in [0.2, 0.25) is 0 Å². The lowest BCUT2D eigenvalue weighted by Gasteiger charge is -2.20. The van der Waals surface area contributed by atoms with Crippen LogP contribution in [-0.4, -0.2) is 29.8 Å². The molecule has 0 bridgehead atoms. The Balaban J connectivity index is 2.71. The molecule has 2 nitrogen and oxygen atoms in total. The fourth-order valence-electron chi connectivity index (χ4n) is 1.29. The number of hydrogen-bond donors (Lipinski definition) is 0. The van der Waals surface area contributed by atoms with Crippen molar-refractivity contribution >= 4 is 51.4 Å². The molecule has 0 radical (unpaired) electrons. The Bertz CT molecular complexity index is 323. The predicted molar refractivity (Wildman–Crippen MR) is 74.0 cm³/mol. The zero-order valence-electron chi connectivity index (χ0n) is 8.50. The molecule has 0 saturated heterocycles. The van der Waals surface area contributed by atoms with Crippen molar-refractivity contribution in [2.45, 2.75) is 13.3 Å². The monoisotopic (exact) mass is 357 g/mol. The van der Waals surface area contributed by atoms with Crippen LogP contribution in [0.5, 0.6) is 0 Å². The van der Waals surface area contributed by atoms with Crippen molar-refractivity contribution in [3.8, 4) is 0 Å². The molecule has 1 heterocycles. The number of hydrogen-bond acceptors (Lipinski definition) is 2. The van der Waals surface area contributed by atoms with Gasteiger partial charge in [-0.3, -0.25) is 4.79 Å². The van der Waals surface area contributed by atoms with Crippen molar-refractivity contribution in [1.29, 1.82) is 0 Å². The number of thiophene rings is 1. The second-order valence-corrected chi connectivity index (χ2v) is 6.30. The lowest BCUT2D eigenvalue weighted by molar-refractivity contribution is 0.0766. The molecule has 1 aromatic heterocycles. The van der Waals surface area contributed by atoms with Crippen LogP contribution in [0.15, 0.2) is 11.4 Å². The van der Waals surface area contributed by atoms with Gasteiger partial charge < -0.3 is 4.90 Å². The van der Waals surface area contributed by atoms with Crippen LogP contribution in [0.4, 0.5) is 0 Å². The number of amides is 1. The molecule has 1 aromatic rings. The number of carbonyl (C=O) groups excluding carboxylic acids is 1. The zero-order chi connectivity index (χ0) is 11.3. The van der Waals surface area contributed by atoms with Crippen LogP contribution in [0.3, 0.4) is 0 Å². The molecule has 1 rings (SSSR count). The summed E-state index contributed by atoms with van der Waals surface area (Å²) < 4.78 is 1.14. The molecule has 0 aliphatic rings. The van der Waals surface area contributed by atoms with Gasteiger partial charge in [0.1, 0.15) is 0 Å². The molecular weight excluding hydrogens is 345 g/mol. The van der Waals surface area contributed by atoms with E-state index in [2.05, 4.69) is 29.5 Å². The Hall–Kier alpha value is 0.190. The van der Waals surface area contributed by atoms with Crippen LogP contribution >= 0.6 is 45.5 Å². The molecule has 1 amide bonds. The Kier molecular flexibility index (Phi) is 5.92. The molecule has 0 spiro atoms. The summed E-state index contributed by atoms with van der Waals surface area (Å²) in [6.07, 6.45) is 0.962. The minimum absolute atomic E-state index is 0.0941. The van der Waals surface area contributed by atoms with Crippen LogP contribution in [-0.2, 0) is 0 Å². The Morgan fingerprint density at radius 3 is 2.80 bits per heavy atom. The van der Waals surface area contributed by atoms with E-state index in [1.807, 2.05) is 16.3 Å². The molecule has 0 atom stereocenters. The average Bonchev–Trinajstić information content (AvgIpc) is 2.63. The third-order valence-corrected chi connectivity index (χ3v) is 3.91. The second kappa shape index (κ2) is 6.70. The summed E-state index contributed by atoms with van der Waals surface area (Å²) in [6.45, 7) is 3.46. The summed E-state index contributed by atoms with van der Waals surface area (Å²) >= 11 is 9.49. The highest BCUT2D eigenvalue weighted by atomic mass is 127. The van der Waals surface area contributed by atoms with Gasteiger partial charge in [-0.05, 0) is 35.1 Å². The topological polar surface area (TPSA) is 20.3 Å². The van der Waals surface area contributed by atoms with Gasteiger partial charge in [-0.15, -0.1) is 22.9 Å². The average molecular weight is 358 g/mol. The third kappa shape index (κ3) is 3.92. The van der Waals surface area contributed by atoms with Gasteiger partial charge in [-0.25, -0.2) is 0 Å². The Labute approximate surface area is 113 Å². The lowest BCUT2D eigenvalue weighted by Crippen LogP contribution is -2.33. The van der Waals surface area contributed by atoms with E-state index in [1.54, 1.807) is 11.3 Å². The predicted octanol–water partition coefficient (Wildman–Crippen LogP) is 3.44. The molecule has 0 unspecified atom stereocenters. The summed E-state index contributed by atoms with van der Waals surface area (Å²) in [5.41, 5.74) is 0.781. The normalized spacial score (nSPS) is 10.3. The van der Waals surface area contributed by atoms with Crippen LogP contribution in [0.1, 0.15) is 23.7 Å². The lowest BCUT2D eigenvalue weighted by atomic mass is 10.3. The number of nitrogens with zero attached hydrogens (tertiary/aromatic N) is 1. The molecule has 0 aliphatic heterocycles. The highest BCUT2D eigenvalue weighted by molar-refractivity contribution is 14.1. The van der Waals surface area contributed by atoms with Crippen LogP contribution in [0.25, 0.3) is 0 Å². The van der Waals surface area contributed by atoms with Crippen molar-refractivity contribution in [2.24, 2.45) is 0 Å². The van der Waals surface area contributed by atoms with Crippen molar-refractivity contribution in [2.75, 3.05) is 19.0 Å². The summed E-state index contributed by atoms with van der Waals surface area (Å²) in [4.78, 5) is 13.8. The fraction of sp³-hybridized carbons (Fsp3) is 0.500. The van der Waals surface area contributed by atoms with E-state index in [0.29, 0.717) is 12.4 Å². The largest absolute Gasteiger partial charge is 0.337 e. The van der Waals surface area contributed by atoms with Gasteiger partial charge in [0.15, 0.2) is 0 Å². The molecule has 84 valence electrons. The van der Waals surface area contributed by atoms with Crippen LogP contribution < -0.4 is 0 Å². The van der Waals surface area contributed by atoms with Crippen molar-refractivity contribution < 1.29 is 4.79 Å². The third-order valence-electron chi connectivity index (χ3n) is 1.95. The van der Waals surface area contributed by atoms with Gasteiger partial charge in [-0.1, -0.05) is 6.92 Å². The van der Waals surface area contributed by atoms with Crippen LogP contribution in [0, 0.1) is 2.88 Å². The van der Waals surface area contributed by atoms with E-state index < -0.39 is 0 Å². The number of alkyl halides is 1. The van der Waals surface area contributed by atoms with Crippen molar-refractivity contribution in [3.05, 3.63) is 19.9 Å². The van der Waals surface area contributed by atoms with Gasteiger partial charge in [-0.2, -0.15) is 0 Å². The van der Waals surface area contributed by atoms with Gasteiger partial charge in [0.25, 0.3) is 5.91 Å². The first-order chi connectivity index (χ1) is 7.19. The molecule has 0 saturated carbocycles. The maximum atomic E-state index is 12.0. The minimum Gasteiger partial charge on any atom is -0.337 e. The molecular formula is C10H13ClINOS. The number of halogens is 2. The second-order valence-electron chi connectivity index (χ2n) is 3.12. The number of carbonyl (C=O) groups is 1. The molecule has 0 N–H and O–H groups in total. The highest BCUT2D eigenvalue weighted by Crippen LogP contribution is 2.18. The molecule has 5 heteroatoms. The van der Waals surface area contributed by atoms with E-state index in [9.17, 15) is 4.79 Å².